The van der Waals surface area contributed by atoms with E-state index < -0.39 is 15.8 Å². The molecule has 0 amide bonds. The second kappa shape index (κ2) is 13.8. The fourth-order valence-electron chi connectivity index (χ4n) is 14.3. The standard InChI is InChI=1S/C44H69N3O4S/c1-31(2)34-15-18-44(30-45-22-8-23-46-25-27-52(50,51)28-26-46)20-19-42(6)35(38(34)44)13-14-37-41(5)21-24-47(29-32-9-11-33(12-10-32)39(48)49)40(3,4)36(41)16-17-43(37,42)7/h9-12,34-38,45H,1,8,13-30H2,2-7H3,(H,48,49)/t34-,35+,36-,37+,38+,41-,42+,43+,44+/m0/s1. The zero-order chi connectivity index (χ0) is 37.3. The second-order valence-electron chi connectivity index (χ2n) is 19.9. The minimum absolute atomic E-state index is 0.0765. The van der Waals surface area contributed by atoms with Crippen molar-refractivity contribution in [1.29, 1.82) is 0 Å². The van der Waals surface area contributed by atoms with Gasteiger partial charge in [0, 0.05) is 31.7 Å². The predicted octanol–water partition coefficient (Wildman–Crippen LogP) is 7.92. The lowest BCUT2D eigenvalue weighted by atomic mass is 9.33. The van der Waals surface area contributed by atoms with Gasteiger partial charge >= 0.3 is 5.97 Å². The van der Waals surface area contributed by atoms with E-state index in [1.54, 1.807) is 12.1 Å². The maximum Gasteiger partial charge on any atom is 0.335 e. The first-order valence-electron chi connectivity index (χ1n) is 20.8. The van der Waals surface area contributed by atoms with Crippen molar-refractivity contribution in [3.63, 3.8) is 0 Å². The van der Waals surface area contributed by atoms with Crippen molar-refractivity contribution in [2.75, 3.05) is 50.8 Å². The van der Waals surface area contributed by atoms with Gasteiger partial charge in [0.05, 0.1) is 17.1 Å². The van der Waals surface area contributed by atoms with Crippen molar-refractivity contribution in [3.05, 3.63) is 47.5 Å². The molecule has 2 saturated heterocycles. The number of fused-ring (bicyclic) bond motifs is 7. The van der Waals surface area contributed by atoms with Crippen LogP contribution in [0.2, 0.25) is 0 Å². The Labute approximate surface area is 315 Å². The fourth-order valence-corrected chi connectivity index (χ4v) is 15.6. The molecule has 0 unspecified atom stereocenters. The highest BCUT2D eigenvalue weighted by Crippen LogP contribution is 2.76. The van der Waals surface area contributed by atoms with Crippen LogP contribution in [0.25, 0.3) is 0 Å². The van der Waals surface area contributed by atoms with E-state index in [0.717, 1.165) is 51.0 Å². The summed E-state index contributed by atoms with van der Waals surface area (Å²) in [5.41, 5.74) is 4.38. The highest BCUT2D eigenvalue weighted by Gasteiger charge is 2.70. The quantitative estimate of drug-likeness (QED) is 0.187. The number of aromatic carboxylic acids is 1. The summed E-state index contributed by atoms with van der Waals surface area (Å²) in [4.78, 5) is 16.5. The van der Waals surface area contributed by atoms with Crippen molar-refractivity contribution < 1.29 is 18.3 Å². The molecule has 290 valence electrons. The number of carbonyl (C=O) groups is 1. The summed E-state index contributed by atoms with van der Waals surface area (Å²) in [6.45, 7) is 26.6. The molecule has 6 fully saturated rings. The number of piperidine rings is 1. The third-order valence-electron chi connectivity index (χ3n) is 17.4. The van der Waals surface area contributed by atoms with Crippen molar-refractivity contribution in [1.82, 2.24) is 15.1 Å². The van der Waals surface area contributed by atoms with Crippen LogP contribution in [0, 0.1) is 51.2 Å². The highest BCUT2D eigenvalue weighted by molar-refractivity contribution is 7.91. The maximum atomic E-state index is 11.9. The van der Waals surface area contributed by atoms with E-state index >= 15 is 0 Å². The Bertz CT molecular complexity index is 1610. The SMILES string of the molecule is C=C(C)[C@@H]1CC[C@]2(CNCCCN3CCS(=O)(=O)CC3)CC[C@]3(C)[C@H](CC[C@@H]4[C@@]5(C)CCN(Cc6ccc(C(=O)O)cc6)C(C)(C)[C@@H]5CC[C@]43C)[C@@H]12. The molecule has 7 rings (SSSR count). The van der Waals surface area contributed by atoms with Gasteiger partial charge in [-0.1, -0.05) is 45.1 Å². The second-order valence-corrected chi connectivity index (χ2v) is 22.2. The van der Waals surface area contributed by atoms with Crippen LogP contribution in [0.1, 0.15) is 122 Å². The number of nitrogens with one attached hydrogen (secondary N) is 1. The van der Waals surface area contributed by atoms with Crippen LogP contribution < -0.4 is 5.32 Å². The molecule has 1 aromatic rings. The van der Waals surface area contributed by atoms with E-state index in [-0.39, 0.29) is 5.54 Å². The Morgan fingerprint density at radius 1 is 0.885 bits per heavy atom. The van der Waals surface area contributed by atoms with E-state index in [0.29, 0.717) is 69.6 Å². The first-order valence-corrected chi connectivity index (χ1v) is 22.6. The van der Waals surface area contributed by atoms with Gasteiger partial charge in [-0.3, -0.25) is 4.90 Å². The number of rotatable bonds is 10. The number of benzene rings is 1. The average Bonchev–Trinajstić information content (AvgIpc) is 3.47. The lowest BCUT2D eigenvalue weighted by Crippen LogP contribution is -2.69. The van der Waals surface area contributed by atoms with Crippen molar-refractivity contribution in [2.45, 2.75) is 118 Å². The summed E-state index contributed by atoms with van der Waals surface area (Å²) in [5, 5.41) is 13.4. The number of carboxylic acid groups (broad SMARTS) is 1. The number of hydrogen-bond donors (Lipinski definition) is 2. The molecule has 4 saturated carbocycles. The van der Waals surface area contributed by atoms with Gasteiger partial charge in [0.1, 0.15) is 0 Å². The van der Waals surface area contributed by atoms with E-state index in [1.807, 2.05) is 12.1 Å². The summed E-state index contributed by atoms with van der Waals surface area (Å²) in [6, 6.07) is 7.55. The van der Waals surface area contributed by atoms with Crippen LogP contribution >= 0.6 is 0 Å². The summed E-state index contributed by atoms with van der Waals surface area (Å²) in [7, 11) is -2.83. The number of likely N-dealkylation sites (tertiary alicyclic amines) is 1. The Morgan fingerprint density at radius 3 is 2.27 bits per heavy atom. The number of sulfone groups is 1. The summed E-state index contributed by atoms with van der Waals surface area (Å²) < 4.78 is 23.8. The monoisotopic (exact) mass is 736 g/mol. The van der Waals surface area contributed by atoms with Gasteiger partial charge < -0.3 is 15.3 Å². The molecule has 0 spiro atoms. The van der Waals surface area contributed by atoms with Gasteiger partial charge in [-0.15, -0.1) is 0 Å². The Hall–Kier alpha value is -1.74. The van der Waals surface area contributed by atoms with Gasteiger partial charge in [-0.25, -0.2) is 13.2 Å². The lowest BCUT2D eigenvalue weighted by Gasteiger charge is -2.73. The first kappa shape index (κ1) is 38.5. The fraction of sp³-hybridized carbons (Fsp3) is 0.795. The molecule has 2 aliphatic heterocycles. The molecular formula is C44H69N3O4S. The normalized spacial score (nSPS) is 41.3. The Morgan fingerprint density at radius 2 is 1.60 bits per heavy atom. The third kappa shape index (κ3) is 6.35. The summed E-state index contributed by atoms with van der Waals surface area (Å²) in [5.74, 6) is 3.22. The van der Waals surface area contributed by atoms with Gasteiger partial charge in [0.25, 0.3) is 0 Å². The topological polar surface area (TPSA) is 90.0 Å². The number of carboxylic acids is 1. The summed E-state index contributed by atoms with van der Waals surface area (Å²) in [6.07, 6.45) is 12.9. The first-order chi connectivity index (χ1) is 24.5. The molecule has 2 heterocycles. The molecule has 6 aliphatic rings. The Balaban J connectivity index is 1.05. The van der Waals surface area contributed by atoms with Crippen LogP contribution in [0.15, 0.2) is 36.4 Å². The van der Waals surface area contributed by atoms with Crippen molar-refractivity contribution in [3.8, 4) is 0 Å². The Kier molecular flexibility index (Phi) is 10.2. The van der Waals surface area contributed by atoms with E-state index in [2.05, 4.69) is 63.2 Å². The number of allylic oxidation sites excluding steroid dienone is 1. The van der Waals surface area contributed by atoms with Crippen LogP contribution in [0.3, 0.4) is 0 Å². The molecular weight excluding hydrogens is 667 g/mol. The smallest absolute Gasteiger partial charge is 0.335 e. The van der Waals surface area contributed by atoms with Crippen molar-refractivity contribution >= 4 is 15.8 Å². The number of hydrogen-bond acceptors (Lipinski definition) is 6. The van der Waals surface area contributed by atoms with Gasteiger partial charge in [-0.05, 0) is 174 Å². The molecule has 4 aliphatic carbocycles. The highest BCUT2D eigenvalue weighted by atomic mass is 32.2. The third-order valence-corrected chi connectivity index (χ3v) is 19.0. The number of nitrogens with zero attached hydrogens (tertiary/aromatic N) is 2. The van der Waals surface area contributed by atoms with Crippen molar-refractivity contribution in [2.24, 2.45) is 51.2 Å². The predicted molar refractivity (Wildman–Crippen MR) is 211 cm³/mol. The molecule has 8 heteroatoms. The molecule has 0 aromatic heterocycles. The molecule has 2 N–H and O–H groups in total. The minimum Gasteiger partial charge on any atom is -0.478 e. The lowest BCUT2D eigenvalue weighted by molar-refractivity contribution is -0.242. The molecule has 1 aromatic carbocycles. The van der Waals surface area contributed by atoms with Gasteiger partial charge in [-0.2, -0.15) is 0 Å². The van der Waals surface area contributed by atoms with Gasteiger partial charge in [0.15, 0.2) is 9.84 Å². The van der Waals surface area contributed by atoms with Crippen LogP contribution in [-0.4, -0.2) is 85.6 Å². The molecule has 0 bridgehead atoms. The molecule has 0 radical (unpaired) electrons. The maximum absolute atomic E-state index is 11.9. The largest absolute Gasteiger partial charge is 0.478 e. The van der Waals surface area contributed by atoms with Gasteiger partial charge in [0.2, 0.25) is 0 Å². The molecule has 7 nitrogen and oxygen atoms in total. The van der Waals surface area contributed by atoms with Crippen LogP contribution in [-0.2, 0) is 16.4 Å². The van der Waals surface area contributed by atoms with Crippen LogP contribution in [0.5, 0.6) is 0 Å². The van der Waals surface area contributed by atoms with E-state index in [9.17, 15) is 18.3 Å². The minimum atomic E-state index is -2.83. The zero-order valence-corrected chi connectivity index (χ0v) is 34.1. The average molecular weight is 736 g/mol. The molecule has 52 heavy (non-hydrogen) atoms. The van der Waals surface area contributed by atoms with Crippen LogP contribution in [0.4, 0.5) is 0 Å². The van der Waals surface area contributed by atoms with E-state index in [1.165, 1.54) is 68.9 Å². The molecule has 9 atom stereocenters. The zero-order valence-electron chi connectivity index (χ0n) is 33.3. The summed E-state index contributed by atoms with van der Waals surface area (Å²) >= 11 is 0. The van der Waals surface area contributed by atoms with E-state index in [4.69, 9.17) is 0 Å².